The van der Waals surface area contributed by atoms with Gasteiger partial charge in [-0.2, -0.15) is 0 Å². The third-order valence-electron chi connectivity index (χ3n) is 2.37. The number of rotatable bonds is 9. The number of hydrogen-bond donors (Lipinski definition) is 1. The Morgan fingerprint density at radius 2 is 2.29 bits per heavy atom. The van der Waals surface area contributed by atoms with Crippen LogP contribution in [-0.2, 0) is 15.9 Å². The van der Waals surface area contributed by atoms with E-state index in [4.69, 9.17) is 9.47 Å². The fourth-order valence-corrected chi connectivity index (χ4v) is 2.23. The minimum Gasteiger partial charge on any atom is -0.382 e. The first-order valence-electron chi connectivity index (χ1n) is 5.97. The topological polar surface area (TPSA) is 43.4 Å². The summed E-state index contributed by atoms with van der Waals surface area (Å²) in [6, 6.07) is 0.332. The molecule has 0 amide bonds. The number of aromatic nitrogens is 1. The Kier molecular flexibility index (Phi) is 7.35. The number of aryl methyl sites for hydroxylation is 1. The Labute approximate surface area is 107 Å². The molecular weight excluding hydrogens is 236 g/mol. The molecule has 98 valence electrons. The van der Waals surface area contributed by atoms with E-state index in [2.05, 4.69) is 22.6 Å². The molecular formula is C12H22N2O2S. The first-order chi connectivity index (χ1) is 8.26. The normalized spacial score (nSPS) is 12.9. The second-order valence-electron chi connectivity index (χ2n) is 3.88. The third kappa shape index (κ3) is 6.12. The molecule has 1 rings (SSSR count). The van der Waals surface area contributed by atoms with E-state index in [0.29, 0.717) is 25.9 Å². The van der Waals surface area contributed by atoms with Crippen molar-refractivity contribution in [2.24, 2.45) is 0 Å². The van der Waals surface area contributed by atoms with Gasteiger partial charge >= 0.3 is 0 Å². The van der Waals surface area contributed by atoms with Crippen molar-refractivity contribution in [1.29, 1.82) is 0 Å². The zero-order valence-electron chi connectivity index (χ0n) is 10.9. The zero-order chi connectivity index (χ0) is 12.5. The Bertz CT molecular complexity index is 304. The maximum absolute atomic E-state index is 5.56. The van der Waals surface area contributed by atoms with Crippen LogP contribution in [0.4, 0.5) is 0 Å². The predicted octanol–water partition coefficient (Wildman–Crippen LogP) is 1.64. The molecule has 4 nitrogen and oxygen atoms in total. The van der Waals surface area contributed by atoms with E-state index in [1.165, 1.54) is 0 Å². The molecule has 0 radical (unpaired) electrons. The first-order valence-corrected chi connectivity index (χ1v) is 6.85. The quantitative estimate of drug-likeness (QED) is 0.684. The van der Waals surface area contributed by atoms with Gasteiger partial charge in [0.05, 0.1) is 30.5 Å². The number of methoxy groups -OCH3 is 1. The van der Waals surface area contributed by atoms with Crippen molar-refractivity contribution < 1.29 is 9.47 Å². The number of likely N-dealkylation sites (N-methyl/N-ethyl adjacent to an activating group) is 1. The number of thiazole rings is 1. The molecule has 0 bridgehead atoms. The SMILES string of the molecule is CCNC(COCCOC)Cc1csc(C)n1. The van der Waals surface area contributed by atoms with Gasteiger partial charge in [-0.3, -0.25) is 0 Å². The van der Waals surface area contributed by atoms with Gasteiger partial charge < -0.3 is 14.8 Å². The van der Waals surface area contributed by atoms with Crippen LogP contribution in [0.2, 0.25) is 0 Å². The van der Waals surface area contributed by atoms with Gasteiger partial charge in [0.1, 0.15) is 0 Å². The van der Waals surface area contributed by atoms with Crippen LogP contribution in [0.25, 0.3) is 0 Å². The van der Waals surface area contributed by atoms with Crippen molar-refractivity contribution in [3.63, 3.8) is 0 Å². The molecule has 17 heavy (non-hydrogen) atoms. The Morgan fingerprint density at radius 3 is 2.88 bits per heavy atom. The highest BCUT2D eigenvalue weighted by Crippen LogP contribution is 2.10. The highest BCUT2D eigenvalue weighted by molar-refractivity contribution is 7.09. The number of ether oxygens (including phenoxy) is 2. The van der Waals surface area contributed by atoms with E-state index in [1.54, 1.807) is 18.4 Å². The highest BCUT2D eigenvalue weighted by Gasteiger charge is 2.10. The van der Waals surface area contributed by atoms with Crippen LogP contribution < -0.4 is 5.32 Å². The standard InChI is InChI=1S/C12H22N2O2S/c1-4-13-11(8-16-6-5-15-3)7-12-9-17-10(2)14-12/h9,11,13H,4-8H2,1-3H3. The molecule has 1 atom stereocenters. The molecule has 0 aliphatic heterocycles. The minimum absolute atomic E-state index is 0.332. The molecule has 5 heteroatoms. The molecule has 0 spiro atoms. The second-order valence-corrected chi connectivity index (χ2v) is 4.95. The molecule has 0 saturated heterocycles. The molecule has 0 aromatic carbocycles. The highest BCUT2D eigenvalue weighted by atomic mass is 32.1. The summed E-state index contributed by atoms with van der Waals surface area (Å²) in [5.74, 6) is 0. The molecule has 1 heterocycles. The van der Waals surface area contributed by atoms with E-state index < -0.39 is 0 Å². The van der Waals surface area contributed by atoms with Crippen molar-refractivity contribution in [2.45, 2.75) is 26.3 Å². The summed E-state index contributed by atoms with van der Waals surface area (Å²) in [5.41, 5.74) is 1.15. The summed E-state index contributed by atoms with van der Waals surface area (Å²) in [4.78, 5) is 4.48. The van der Waals surface area contributed by atoms with E-state index in [0.717, 1.165) is 23.7 Å². The molecule has 1 unspecified atom stereocenters. The monoisotopic (exact) mass is 258 g/mol. The van der Waals surface area contributed by atoms with E-state index >= 15 is 0 Å². The molecule has 0 aliphatic carbocycles. The molecule has 0 saturated carbocycles. The number of hydrogen-bond acceptors (Lipinski definition) is 5. The molecule has 0 aliphatic rings. The van der Waals surface area contributed by atoms with Gasteiger partial charge in [-0.25, -0.2) is 4.98 Å². The lowest BCUT2D eigenvalue weighted by atomic mass is 10.2. The molecule has 1 aromatic rings. The lowest BCUT2D eigenvalue weighted by Crippen LogP contribution is -2.35. The summed E-state index contributed by atoms with van der Waals surface area (Å²) in [6.45, 7) is 7.08. The van der Waals surface area contributed by atoms with Crippen LogP contribution in [0.5, 0.6) is 0 Å². The van der Waals surface area contributed by atoms with Crippen molar-refractivity contribution in [2.75, 3.05) is 33.5 Å². The summed E-state index contributed by atoms with van der Waals surface area (Å²) >= 11 is 1.70. The molecule has 1 N–H and O–H groups in total. The van der Waals surface area contributed by atoms with Gasteiger partial charge in [-0.15, -0.1) is 11.3 Å². The molecule has 1 aromatic heterocycles. The Hall–Kier alpha value is -0.490. The first kappa shape index (κ1) is 14.6. The second kappa shape index (κ2) is 8.58. The minimum atomic E-state index is 0.332. The Balaban J connectivity index is 2.32. The smallest absolute Gasteiger partial charge is 0.0897 e. The van der Waals surface area contributed by atoms with Crippen molar-refractivity contribution >= 4 is 11.3 Å². The maximum Gasteiger partial charge on any atom is 0.0897 e. The lowest BCUT2D eigenvalue weighted by Gasteiger charge is -2.16. The number of nitrogens with zero attached hydrogens (tertiary/aromatic N) is 1. The largest absolute Gasteiger partial charge is 0.382 e. The Morgan fingerprint density at radius 1 is 1.47 bits per heavy atom. The van der Waals surface area contributed by atoms with Gasteiger partial charge in [0, 0.05) is 25.0 Å². The summed E-state index contributed by atoms with van der Waals surface area (Å²) < 4.78 is 10.5. The average molecular weight is 258 g/mol. The van der Waals surface area contributed by atoms with Gasteiger partial charge in [0.15, 0.2) is 0 Å². The van der Waals surface area contributed by atoms with E-state index in [1.807, 2.05) is 6.92 Å². The lowest BCUT2D eigenvalue weighted by molar-refractivity contribution is 0.0588. The summed E-state index contributed by atoms with van der Waals surface area (Å²) in [7, 11) is 1.68. The maximum atomic E-state index is 5.56. The van der Waals surface area contributed by atoms with Crippen LogP contribution in [0.1, 0.15) is 17.6 Å². The van der Waals surface area contributed by atoms with Crippen LogP contribution in [-0.4, -0.2) is 44.5 Å². The van der Waals surface area contributed by atoms with Crippen LogP contribution >= 0.6 is 11.3 Å². The fraction of sp³-hybridized carbons (Fsp3) is 0.750. The van der Waals surface area contributed by atoms with Crippen molar-refractivity contribution in [1.82, 2.24) is 10.3 Å². The van der Waals surface area contributed by atoms with Crippen LogP contribution in [0, 0.1) is 6.92 Å². The van der Waals surface area contributed by atoms with Gasteiger partial charge in [-0.05, 0) is 13.5 Å². The molecule has 0 fully saturated rings. The number of nitrogens with one attached hydrogen (secondary N) is 1. The van der Waals surface area contributed by atoms with Crippen molar-refractivity contribution in [3.8, 4) is 0 Å². The van der Waals surface area contributed by atoms with Gasteiger partial charge in [0.25, 0.3) is 0 Å². The van der Waals surface area contributed by atoms with Gasteiger partial charge in [0.2, 0.25) is 0 Å². The van der Waals surface area contributed by atoms with Crippen LogP contribution in [0.15, 0.2) is 5.38 Å². The summed E-state index contributed by atoms with van der Waals surface area (Å²) in [6.07, 6.45) is 0.922. The average Bonchev–Trinajstić information content (AvgIpc) is 2.70. The zero-order valence-corrected chi connectivity index (χ0v) is 11.7. The third-order valence-corrected chi connectivity index (χ3v) is 3.19. The van der Waals surface area contributed by atoms with E-state index in [-0.39, 0.29) is 0 Å². The van der Waals surface area contributed by atoms with Crippen LogP contribution in [0.3, 0.4) is 0 Å². The van der Waals surface area contributed by atoms with Crippen molar-refractivity contribution in [3.05, 3.63) is 16.1 Å². The fourth-order valence-electron chi connectivity index (χ4n) is 1.60. The van der Waals surface area contributed by atoms with E-state index in [9.17, 15) is 0 Å². The van der Waals surface area contributed by atoms with Gasteiger partial charge in [-0.1, -0.05) is 6.92 Å². The predicted molar refractivity (Wildman–Crippen MR) is 70.7 cm³/mol. The summed E-state index contributed by atoms with van der Waals surface area (Å²) in [5, 5.41) is 6.66.